The molecule has 3 heterocycles. The first-order valence-electron chi connectivity index (χ1n) is 9.04. The largest absolute Gasteiger partial charge is 0.375 e. The fraction of sp³-hybridized carbons (Fsp3) is 0.0909. The summed E-state index contributed by atoms with van der Waals surface area (Å²) in [6.45, 7) is -0.00806. The van der Waals surface area contributed by atoms with Gasteiger partial charge in [-0.25, -0.2) is 4.98 Å². The van der Waals surface area contributed by atoms with E-state index in [2.05, 4.69) is 25.3 Å². The topological polar surface area (TPSA) is 92.8 Å². The van der Waals surface area contributed by atoms with Gasteiger partial charge < -0.3 is 15.0 Å². The average Bonchev–Trinajstić information content (AvgIpc) is 3.25. The van der Waals surface area contributed by atoms with Gasteiger partial charge in [-0.15, -0.1) is 0 Å². The van der Waals surface area contributed by atoms with Gasteiger partial charge in [0.05, 0.1) is 23.8 Å². The molecular weight excluding hydrogens is 366 g/mol. The highest BCUT2D eigenvalue weighted by atomic mass is 16.5. The van der Waals surface area contributed by atoms with Crippen LogP contribution in [0.25, 0.3) is 33.9 Å². The third kappa shape index (κ3) is 4.36. The molecule has 0 fully saturated rings. The number of aromatic amines is 1. The fourth-order valence-corrected chi connectivity index (χ4v) is 2.95. The van der Waals surface area contributed by atoms with Gasteiger partial charge in [-0.1, -0.05) is 30.3 Å². The Hall–Kier alpha value is -3.84. The highest BCUT2D eigenvalue weighted by molar-refractivity contribution is 5.92. The molecule has 1 aromatic carbocycles. The standard InChI is InChI=1S/C22H19N5O2/c1-29-14-21(28)26-18-9-17(11-23-12-18)16-7-8-24-19(10-16)22-25-13-20(27-22)15-5-3-2-4-6-15/h2-13H,14H2,1H3,(H,25,27)(H,26,28). The Morgan fingerprint density at radius 3 is 2.69 bits per heavy atom. The van der Waals surface area contributed by atoms with Crippen molar-refractivity contribution in [3.05, 3.63) is 73.3 Å². The molecule has 0 radical (unpaired) electrons. The summed E-state index contributed by atoms with van der Waals surface area (Å²) in [5, 5.41) is 2.76. The maximum atomic E-state index is 11.7. The van der Waals surface area contributed by atoms with Gasteiger partial charge in [0.1, 0.15) is 12.3 Å². The summed E-state index contributed by atoms with van der Waals surface area (Å²) >= 11 is 0. The Morgan fingerprint density at radius 2 is 1.86 bits per heavy atom. The minimum atomic E-state index is -0.231. The van der Waals surface area contributed by atoms with Crippen molar-refractivity contribution < 1.29 is 9.53 Å². The molecule has 0 aliphatic heterocycles. The van der Waals surface area contributed by atoms with Crippen LogP contribution in [0.5, 0.6) is 0 Å². The third-order valence-electron chi connectivity index (χ3n) is 4.29. The fourth-order valence-electron chi connectivity index (χ4n) is 2.95. The number of hydrogen-bond donors (Lipinski definition) is 2. The Balaban J connectivity index is 1.60. The number of aromatic nitrogens is 4. The molecule has 0 aliphatic carbocycles. The van der Waals surface area contributed by atoms with Crippen molar-refractivity contribution in [2.75, 3.05) is 19.0 Å². The molecule has 1 amide bonds. The lowest BCUT2D eigenvalue weighted by molar-refractivity contribution is -0.119. The second kappa shape index (κ2) is 8.45. The van der Waals surface area contributed by atoms with Crippen LogP contribution in [0.1, 0.15) is 0 Å². The Kier molecular flexibility index (Phi) is 5.40. The van der Waals surface area contributed by atoms with Gasteiger partial charge in [0.2, 0.25) is 5.91 Å². The number of methoxy groups -OCH3 is 1. The monoisotopic (exact) mass is 385 g/mol. The van der Waals surface area contributed by atoms with Gasteiger partial charge in [0, 0.05) is 25.1 Å². The molecule has 0 spiro atoms. The van der Waals surface area contributed by atoms with Crippen molar-refractivity contribution in [3.63, 3.8) is 0 Å². The number of rotatable bonds is 6. The van der Waals surface area contributed by atoms with Crippen LogP contribution in [0.2, 0.25) is 0 Å². The number of ether oxygens (including phenoxy) is 1. The lowest BCUT2D eigenvalue weighted by Gasteiger charge is -2.07. The molecule has 0 bridgehead atoms. The summed E-state index contributed by atoms with van der Waals surface area (Å²) in [4.78, 5) is 28.2. The first-order chi connectivity index (χ1) is 14.2. The predicted molar refractivity (Wildman–Crippen MR) is 111 cm³/mol. The maximum absolute atomic E-state index is 11.7. The molecule has 0 atom stereocenters. The molecule has 144 valence electrons. The molecule has 0 saturated heterocycles. The van der Waals surface area contributed by atoms with Crippen molar-refractivity contribution >= 4 is 11.6 Å². The Bertz CT molecular complexity index is 1120. The number of H-pyrrole nitrogens is 1. The quantitative estimate of drug-likeness (QED) is 0.527. The van der Waals surface area contributed by atoms with E-state index in [0.29, 0.717) is 11.5 Å². The molecule has 4 aromatic rings. The number of nitrogens with zero attached hydrogens (tertiary/aromatic N) is 3. The highest BCUT2D eigenvalue weighted by Gasteiger charge is 2.09. The van der Waals surface area contributed by atoms with Crippen LogP contribution >= 0.6 is 0 Å². The summed E-state index contributed by atoms with van der Waals surface area (Å²) in [6.07, 6.45) is 6.86. The van der Waals surface area contributed by atoms with Gasteiger partial charge in [0.25, 0.3) is 0 Å². The first kappa shape index (κ1) is 18.5. The van der Waals surface area contributed by atoms with Crippen molar-refractivity contribution in [1.82, 2.24) is 19.9 Å². The van der Waals surface area contributed by atoms with Gasteiger partial charge in [-0.05, 0) is 29.3 Å². The molecule has 0 aliphatic rings. The van der Waals surface area contributed by atoms with Crippen LogP contribution < -0.4 is 5.32 Å². The molecule has 3 aromatic heterocycles. The van der Waals surface area contributed by atoms with Crippen LogP contribution in [0.3, 0.4) is 0 Å². The molecule has 4 rings (SSSR count). The van der Waals surface area contributed by atoms with Crippen molar-refractivity contribution in [2.24, 2.45) is 0 Å². The molecule has 0 saturated carbocycles. The number of hydrogen-bond acceptors (Lipinski definition) is 5. The van der Waals surface area contributed by atoms with Crippen molar-refractivity contribution in [3.8, 4) is 33.9 Å². The van der Waals surface area contributed by atoms with E-state index in [1.165, 1.54) is 7.11 Å². The van der Waals surface area contributed by atoms with Crippen LogP contribution in [-0.4, -0.2) is 39.6 Å². The average molecular weight is 385 g/mol. The summed E-state index contributed by atoms with van der Waals surface area (Å²) in [5.41, 5.74) is 5.09. The summed E-state index contributed by atoms with van der Waals surface area (Å²) in [7, 11) is 1.48. The van der Waals surface area contributed by atoms with E-state index in [1.54, 1.807) is 24.8 Å². The van der Waals surface area contributed by atoms with E-state index in [9.17, 15) is 4.79 Å². The maximum Gasteiger partial charge on any atom is 0.250 e. The number of benzene rings is 1. The van der Waals surface area contributed by atoms with E-state index < -0.39 is 0 Å². The lowest BCUT2D eigenvalue weighted by Crippen LogP contribution is -2.17. The van der Waals surface area contributed by atoms with Crippen molar-refractivity contribution in [1.29, 1.82) is 0 Å². The van der Waals surface area contributed by atoms with Gasteiger partial charge in [-0.2, -0.15) is 0 Å². The third-order valence-corrected chi connectivity index (χ3v) is 4.29. The van der Waals surface area contributed by atoms with Crippen LogP contribution in [0, 0.1) is 0 Å². The molecule has 7 heteroatoms. The number of anilines is 1. The Morgan fingerprint density at radius 1 is 1.00 bits per heavy atom. The summed E-state index contributed by atoms with van der Waals surface area (Å²) < 4.78 is 4.84. The zero-order valence-electron chi connectivity index (χ0n) is 15.8. The van der Waals surface area contributed by atoms with E-state index in [-0.39, 0.29) is 12.5 Å². The number of nitrogens with one attached hydrogen (secondary N) is 2. The van der Waals surface area contributed by atoms with Gasteiger partial charge >= 0.3 is 0 Å². The number of carbonyl (C=O) groups excluding carboxylic acids is 1. The summed E-state index contributed by atoms with van der Waals surface area (Å²) in [6, 6.07) is 15.7. The molecular formula is C22H19N5O2. The smallest absolute Gasteiger partial charge is 0.250 e. The van der Waals surface area contributed by atoms with Gasteiger partial charge in [0.15, 0.2) is 5.82 Å². The number of imidazole rings is 1. The normalized spacial score (nSPS) is 10.7. The minimum Gasteiger partial charge on any atom is -0.375 e. The zero-order chi connectivity index (χ0) is 20.1. The second-order valence-electron chi connectivity index (χ2n) is 6.38. The lowest BCUT2D eigenvalue weighted by atomic mass is 10.1. The number of amides is 1. The first-order valence-corrected chi connectivity index (χ1v) is 9.04. The predicted octanol–water partition coefficient (Wildman–Crippen LogP) is 3.79. The van der Waals surface area contributed by atoms with Crippen LogP contribution in [0.15, 0.2) is 73.3 Å². The Labute approximate surface area is 167 Å². The second-order valence-corrected chi connectivity index (χ2v) is 6.38. The SMILES string of the molecule is COCC(=O)Nc1cncc(-c2ccnc(-c3ncc(-c4ccccc4)[nH]3)c2)c1. The van der Waals surface area contributed by atoms with Crippen LogP contribution in [0.4, 0.5) is 5.69 Å². The highest BCUT2D eigenvalue weighted by Crippen LogP contribution is 2.26. The van der Waals surface area contributed by atoms with E-state index in [1.807, 2.05) is 48.5 Å². The molecule has 2 N–H and O–H groups in total. The minimum absolute atomic E-state index is 0.00806. The molecule has 29 heavy (non-hydrogen) atoms. The molecule has 0 unspecified atom stereocenters. The van der Waals surface area contributed by atoms with Crippen LogP contribution in [-0.2, 0) is 9.53 Å². The number of carbonyl (C=O) groups is 1. The number of pyridine rings is 2. The van der Waals surface area contributed by atoms with E-state index >= 15 is 0 Å². The summed E-state index contributed by atoms with van der Waals surface area (Å²) in [5.74, 6) is 0.453. The van der Waals surface area contributed by atoms with E-state index in [0.717, 1.165) is 28.1 Å². The zero-order valence-corrected chi connectivity index (χ0v) is 15.8. The van der Waals surface area contributed by atoms with Crippen molar-refractivity contribution in [2.45, 2.75) is 0 Å². The van der Waals surface area contributed by atoms with Gasteiger partial charge in [-0.3, -0.25) is 14.8 Å². The van der Waals surface area contributed by atoms with E-state index in [4.69, 9.17) is 4.74 Å². The molecule has 7 nitrogen and oxygen atoms in total.